The molecule has 1 fully saturated rings. The normalized spacial score (nSPS) is 22.2. The highest BCUT2D eigenvalue weighted by Crippen LogP contribution is 2.28. The van der Waals surface area contributed by atoms with Gasteiger partial charge in [0.2, 0.25) is 0 Å². The molecule has 4 nitrogen and oxygen atoms in total. The van der Waals surface area contributed by atoms with E-state index >= 15 is 0 Å². The van der Waals surface area contributed by atoms with Crippen LogP contribution in [-0.2, 0) is 11.3 Å². The summed E-state index contributed by atoms with van der Waals surface area (Å²) in [5.41, 5.74) is 1.53. The summed E-state index contributed by atoms with van der Waals surface area (Å²) in [5, 5.41) is 18.1. The molecule has 0 atom stereocenters. The van der Waals surface area contributed by atoms with E-state index in [4.69, 9.17) is 19.8 Å². The van der Waals surface area contributed by atoms with Crippen LogP contribution in [-0.4, -0.2) is 24.9 Å². The predicted octanol–water partition coefficient (Wildman–Crippen LogP) is 2.63. The predicted molar refractivity (Wildman–Crippen MR) is 75.3 cm³/mol. The number of hydrogen-bond acceptors (Lipinski definition) is 4. The van der Waals surface area contributed by atoms with Crippen molar-refractivity contribution in [2.45, 2.75) is 38.4 Å². The van der Waals surface area contributed by atoms with Crippen molar-refractivity contribution in [2.75, 3.05) is 13.7 Å². The van der Waals surface area contributed by atoms with Crippen LogP contribution >= 0.6 is 0 Å². The number of benzene rings is 1. The van der Waals surface area contributed by atoms with Gasteiger partial charge in [0.1, 0.15) is 5.75 Å². The standard InChI is InChI=1S/C16H21NO3/c1-19-16-7-4-13(9-17)8-14(16)11-20-15-5-2-12(10-18)3-6-15/h4,7-8,12,15,18H,2-3,5-6,10-11H2,1H3. The molecule has 0 radical (unpaired) electrons. The molecule has 4 heteroatoms. The van der Waals surface area contributed by atoms with Gasteiger partial charge in [0, 0.05) is 12.2 Å². The van der Waals surface area contributed by atoms with Crippen molar-refractivity contribution < 1.29 is 14.6 Å². The van der Waals surface area contributed by atoms with Gasteiger partial charge in [-0.2, -0.15) is 5.26 Å². The molecule has 1 aromatic rings. The summed E-state index contributed by atoms with van der Waals surface area (Å²) in [5.74, 6) is 1.19. The third kappa shape index (κ3) is 3.72. The zero-order valence-electron chi connectivity index (χ0n) is 11.8. The Morgan fingerprint density at radius 2 is 2.05 bits per heavy atom. The molecule has 0 amide bonds. The number of aliphatic hydroxyl groups excluding tert-OH is 1. The van der Waals surface area contributed by atoms with Gasteiger partial charge in [-0.05, 0) is 49.8 Å². The van der Waals surface area contributed by atoms with E-state index in [0.29, 0.717) is 18.1 Å². The Hall–Kier alpha value is -1.57. The molecule has 0 bridgehead atoms. The zero-order valence-corrected chi connectivity index (χ0v) is 11.8. The van der Waals surface area contributed by atoms with Gasteiger partial charge in [-0.3, -0.25) is 0 Å². The number of ether oxygens (including phenoxy) is 2. The first kappa shape index (κ1) is 14.8. The molecule has 1 aromatic carbocycles. The average Bonchev–Trinajstić information content (AvgIpc) is 2.53. The number of methoxy groups -OCH3 is 1. The molecule has 0 aromatic heterocycles. The van der Waals surface area contributed by atoms with E-state index in [0.717, 1.165) is 37.0 Å². The molecule has 108 valence electrons. The summed E-state index contributed by atoms with van der Waals surface area (Å²) in [4.78, 5) is 0. The molecule has 0 aliphatic heterocycles. The number of nitriles is 1. The minimum absolute atomic E-state index is 0.244. The SMILES string of the molecule is COc1ccc(C#N)cc1COC1CCC(CO)CC1. The number of aliphatic hydroxyl groups is 1. The van der Waals surface area contributed by atoms with Gasteiger partial charge in [-0.15, -0.1) is 0 Å². The van der Waals surface area contributed by atoms with Gasteiger partial charge in [0.05, 0.1) is 31.5 Å². The highest BCUT2D eigenvalue weighted by atomic mass is 16.5. The second-order valence-corrected chi connectivity index (χ2v) is 5.27. The smallest absolute Gasteiger partial charge is 0.124 e. The first-order valence-electron chi connectivity index (χ1n) is 7.06. The summed E-state index contributed by atoms with van der Waals surface area (Å²) < 4.78 is 11.2. The lowest BCUT2D eigenvalue weighted by Crippen LogP contribution is -2.23. The molecule has 1 saturated carbocycles. The molecule has 1 aliphatic rings. The Kier molecular flexibility index (Phi) is 5.40. The third-order valence-electron chi connectivity index (χ3n) is 3.94. The van der Waals surface area contributed by atoms with Crippen molar-refractivity contribution >= 4 is 0 Å². The fourth-order valence-corrected chi connectivity index (χ4v) is 2.65. The van der Waals surface area contributed by atoms with E-state index in [2.05, 4.69) is 6.07 Å². The van der Waals surface area contributed by atoms with E-state index in [1.165, 1.54) is 0 Å². The van der Waals surface area contributed by atoms with Crippen molar-refractivity contribution in [2.24, 2.45) is 5.92 Å². The summed E-state index contributed by atoms with van der Waals surface area (Å²) >= 11 is 0. The monoisotopic (exact) mass is 275 g/mol. The van der Waals surface area contributed by atoms with E-state index in [-0.39, 0.29) is 12.7 Å². The highest BCUT2D eigenvalue weighted by molar-refractivity contribution is 5.41. The second-order valence-electron chi connectivity index (χ2n) is 5.27. The van der Waals surface area contributed by atoms with E-state index in [1.807, 2.05) is 6.07 Å². The molecule has 2 rings (SSSR count). The molecule has 1 N–H and O–H groups in total. The summed E-state index contributed by atoms with van der Waals surface area (Å²) in [6.07, 6.45) is 4.28. The van der Waals surface area contributed by atoms with E-state index < -0.39 is 0 Å². The van der Waals surface area contributed by atoms with Crippen LogP contribution in [0.3, 0.4) is 0 Å². The lowest BCUT2D eigenvalue weighted by atomic mass is 9.88. The van der Waals surface area contributed by atoms with E-state index in [9.17, 15) is 0 Å². The van der Waals surface area contributed by atoms with Crippen molar-refractivity contribution in [3.63, 3.8) is 0 Å². The quantitative estimate of drug-likeness (QED) is 0.897. The largest absolute Gasteiger partial charge is 0.496 e. The van der Waals surface area contributed by atoms with Crippen LogP contribution in [0.5, 0.6) is 5.75 Å². The number of rotatable bonds is 5. The fraction of sp³-hybridized carbons (Fsp3) is 0.562. The van der Waals surface area contributed by atoms with Gasteiger partial charge < -0.3 is 14.6 Å². The Bertz CT molecular complexity index is 473. The highest BCUT2D eigenvalue weighted by Gasteiger charge is 2.21. The van der Waals surface area contributed by atoms with Crippen molar-refractivity contribution in [1.82, 2.24) is 0 Å². The molecule has 0 unspecified atom stereocenters. The van der Waals surface area contributed by atoms with Crippen molar-refractivity contribution in [3.05, 3.63) is 29.3 Å². The third-order valence-corrected chi connectivity index (χ3v) is 3.94. The number of hydrogen-bond donors (Lipinski definition) is 1. The summed E-state index contributed by atoms with van der Waals surface area (Å²) in [6.45, 7) is 0.748. The van der Waals surface area contributed by atoms with Gasteiger partial charge in [0.15, 0.2) is 0 Å². The van der Waals surface area contributed by atoms with E-state index in [1.54, 1.807) is 19.2 Å². The number of nitrogens with zero attached hydrogens (tertiary/aromatic N) is 1. The van der Waals surface area contributed by atoms with Crippen LogP contribution < -0.4 is 4.74 Å². The molecule has 1 aliphatic carbocycles. The lowest BCUT2D eigenvalue weighted by molar-refractivity contribution is 0.000536. The topological polar surface area (TPSA) is 62.5 Å². The van der Waals surface area contributed by atoms with Crippen LogP contribution in [0.25, 0.3) is 0 Å². The van der Waals surface area contributed by atoms with Gasteiger partial charge in [-0.25, -0.2) is 0 Å². The maximum atomic E-state index is 9.12. The molecule has 0 spiro atoms. The van der Waals surface area contributed by atoms with Crippen LogP contribution in [0.1, 0.15) is 36.8 Å². The van der Waals surface area contributed by atoms with Gasteiger partial charge >= 0.3 is 0 Å². The first-order chi connectivity index (χ1) is 9.76. The van der Waals surface area contributed by atoms with Crippen LogP contribution in [0, 0.1) is 17.2 Å². The average molecular weight is 275 g/mol. The minimum atomic E-state index is 0.244. The molecular formula is C16H21NO3. The summed E-state index contributed by atoms with van der Waals surface area (Å²) in [7, 11) is 1.62. The van der Waals surface area contributed by atoms with Crippen molar-refractivity contribution in [1.29, 1.82) is 5.26 Å². The molecular weight excluding hydrogens is 254 g/mol. The summed E-state index contributed by atoms with van der Waals surface area (Å²) in [6, 6.07) is 7.50. The van der Waals surface area contributed by atoms with Crippen LogP contribution in [0.4, 0.5) is 0 Å². The minimum Gasteiger partial charge on any atom is -0.496 e. The maximum Gasteiger partial charge on any atom is 0.124 e. The van der Waals surface area contributed by atoms with Crippen LogP contribution in [0.15, 0.2) is 18.2 Å². The molecule has 0 heterocycles. The molecule has 0 saturated heterocycles. The first-order valence-corrected chi connectivity index (χ1v) is 7.06. The van der Waals surface area contributed by atoms with Gasteiger partial charge in [0.25, 0.3) is 0 Å². The Morgan fingerprint density at radius 3 is 2.65 bits per heavy atom. The Morgan fingerprint density at radius 1 is 1.30 bits per heavy atom. The maximum absolute atomic E-state index is 9.12. The fourth-order valence-electron chi connectivity index (χ4n) is 2.65. The molecule has 20 heavy (non-hydrogen) atoms. The van der Waals surface area contributed by atoms with Crippen molar-refractivity contribution in [3.8, 4) is 11.8 Å². The lowest BCUT2D eigenvalue weighted by Gasteiger charge is -2.27. The zero-order chi connectivity index (χ0) is 14.4. The Balaban J connectivity index is 1.92. The van der Waals surface area contributed by atoms with Gasteiger partial charge in [-0.1, -0.05) is 0 Å². The second kappa shape index (κ2) is 7.28. The van der Waals surface area contributed by atoms with Crippen LogP contribution in [0.2, 0.25) is 0 Å². The Labute approximate surface area is 119 Å².